The molecule has 1 aromatic carbocycles. The molecule has 2 unspecified atom stereocenters. The summed E-state index contributed by atoms with van der Waals surface area (Å²) in [7, 11) is 0. The van der Waals surface area contributed by atoms with Crippen LogP contribution in [0.5, 0.6) is 0 Å². The van der Waals surface area contributed by atoms with Crippen LogP contribution >= 0.6 is 23.4 Å². The topological polar surface area (TPSA) is 16.1 Å². The number of fused-ring (bicyclic) bond motifs is 1. The van der Waals surface area contributed by atoms with Crippen LogP contribution in [-0.4, -0.2) is 28.6 Å². The molecule has 0 N–H and O–H groups in total. The van der Waals surface area contributed by atoms with Crippen molar-refractivity contribution in [3.05, 3.63) is 35.5 Å². The Hall–Kier alpha value is -0.930. The van der Waals surface area contributed by atoms with Crippen molar-refractivity contribution >= 4 is 40.0 Å². The van der Waals surface area contributed by atoms with Crippen molar-refractivity contribution in [3.63, 3.8) is 0 Å². The molecular weight excluding hydrogens is 276 g/mol. The van der Waals surface area contributed by atoms with E-state index in [1.807, 2.05) is 30.0 Å². The van der Waals surface area contributed by atoms with E-state index in [2.05, 4.69) is 35.9 Å². The van der Waals surface area contributed by atoms with Crippen LogP contribution in [-0.2, 0) is 0 Å². The van der Waals surface area contributed by atoms with E-state index < -0.39 is 0 Å². The van der Waals surface area contributed by atoms with E-state index in [1.54, 1.807) is 0 Å². The van der Waals surface area contributed by atoms with Crippen LogP contribution in [0.3, 0.4) is 0 Å². The third-order valence-electron chi connectivity index (χ3n) is 3.86. The van der Waals surface area contributed by atoms with Gasteiger partial charge in [-0.15, -0.1) is 0 Å². The van der Waals surface area contributed by atoms with Gasteiger partial charge in [-0.3, -0.25) is 0 Å². The zero-order chi connectivity index (χ0) is 13.4. The number of hydrogen-bond donors (Lipinski definition) is 0. The minimum Gasteiger partial charge on any atom is -0.352 e. The largest absolute Gasteiger partial charge is 0.352 e. The zero-order valence-corrected chi connectivity index (χ0v) is 12.7. The van der Waals surface area contributed by atoms with Gasteiger partial charge in [0.25, 0.3) is 0 Å². The van der Waals surface area contributed by atoms with Gasteiger partial charge in [-0.1, -0.05) is 42.8 Å². The van der Waals surface area contributed by atoms with Gasteiger partial charge in [0.2, 0.25) is 0 Å². The fourth-order valence-corrected chi connectivity index (χ4v) is 3.90. The monoisotopic (exact) mass is 292 g/mol. The van der Waals surface area contributed by atoms with Gasteiger partial charge in [0.05, 0.1) is 0 Å². The first-order valence-corrected chi connectivity index (χ1v) is 8.03. The van der Waals surface area contributed by atoms with Gasteiger partial charge >= 0.3 is 0 Å². The molecule has 2 aromatic rings. The Labute approximate surface area is 123 Å². The van der Waals surface area contributed by atoms with Gasteiger partial charge in [-0.2, -0.15) is 11.8 Å². The molecule has 1 fully saturated rings. The van der Waals surface area contributed by atoms with E-state index >= 15 is 0 Å². The Balaban J connectivity index is 2.05. The lowest BCUT2D eigenvalue weighted by Crippen LogP contribution is -2.45. The van der Waals surface area contributed by atoms with Crippen molar-refractivity contribution in [1.29, 1.82) is 0 Å². The second-order valence-electron chi connectivity index (χ2n) is 5.00. The maximum absolute atomic E-state index is 6.32. The molecule has 0 amide bonds. The highest BCUT2D eigenvalue weighted by molar-refractivity contribution is 8.00. The highest BCUT2D eigenvalue weighted by Crippen LogP contribution is 2.31. The Kier molecular flexibility index (Phi) is 3.59. The van der Waals surface area contributed by atoms with E-state index in [1.165, 1.54) is 0 Å². The average Bonchev–Trinajstić information content (AvgIpc) is 2.42. The molecule has 2 heterocycles. The van der Waals surface area contributed by atoms with E-state index in [0.29, 0.717) is 16.4 Å². The smallest absolute Gasteiger partial charge is 0.139 e. The van der Waals surface area contributed by atoms with Crippen LogP contribution in [0.4, 0.5) is 5.82 Å². The molecule has 0 saturated carbocycles. The summed E-state index contributed by atoms with van der Waals surface area (Å²) in [6.07, 6.45) is 0. The molecule has 0 spiro atoms. The number of rotatable bonds is 1. The Bertz CT molecular complexity index is 602. The van der Waals surface area contributed by atoms with Crippen LogP contribution in [0, 0.1) is 0 Å². The third kappa shape index (κ3) is 2.41. The molecule has 0 bridgehead atoms. The molecule has 100 valence electrons. The summed E-state index contributed by atoms with van der Waals surface area (Å²) in [5.41, 5.74) is 0. The Morgan fingerprint density at radius 3 is 2.95 bits per heavy atom. The third-order valence-corrected chi connectivity index (χ3v) is 5.48. The molecular formula is C15H17ClN2S. The summed E-state index contributed by atoms with van der Waals surface area (Å²) >= 11 is 8.35. The fourth-order valence-electron chi connectivity index (χ4n) is 2.55. The molecule has 1 aliphatic rings. The van der Waals surface area contributed by atoms with Crippen LogP contribution in [0.2, 0.25) is 5.15 Å². The number of benzene rings is 1. The Morgan fingerprint density at radius 2 is 2.11 bits per heavy atom. The Morgan fingerprint density at radius 1 is 1.32 bits per heavy atom. The number of nitrogens with zero attached hydrogens (tertiary/aromatic N) is 2. The van der Waals surface area contributed by atoms with Gasteiger partial charge in [0.1, 0.15) is 11.0 Å². The average molecular weight is 293 g/mol. The molecule has 2 atom stereocenters. The van der Waals surface area contributed by atoms with Gasteiger partial charge in [0.15, 0.2) is 0 Å². The second kappa shape index (κ2) is 5.22. The van der Waals surface area contributed by atoms with Crippen molar-refractivity contribution in [3.8, 4) is 0 Å². The van der Waals surface area contributed by atoms with E-state index in [9.17, 15) is 0 Å². The molecule has 1 saturated heterocycles. The maximum Gasteiger partial charge on any atom is 0.139 e. The standard InChI is InChI=1S/C15H17ClN2S/c1-10-11(2)19-8-7-18(10)14-9-12-5-3-4-6-13(12)15(16)17-14/h3-6,9-11H,7-8H2,1-2H3. The molecule has 0 aliphatic carbocycles. The summed E-state index contributed by atoms with van der Waals surface area (Å²) in [5, 5.41) is 3.42. The highest BCUT2D eigenvalue weighted by Gasteiger charge is 2.26. The molecule has 4 heteroatoms. The summed E-state index contributed by atoms with van der Waals surface area (Å²) in [6, 6.07) is 10.8. The van der Waals surface area contributed by atoms with Crippen LogP contribution in [0.1, 0.15) is 13.8 Å². The van der Waals surface area contributed by atoms with Crippen LogP contribution in [0.15, 0.2) is 30.3 Å². The second-order valence-corrected chi connectivity index (χ2v) is 6.85. The SMILES string of the molecule is CC1SCCN(c2cc3ccccc3c(Cl)n2)C1C. The minimum absolute atomic E-state index is 0.489. The first kappa shape index (κ1) is 13.1. The van der Waals surface area contributed by atoms with E-state index in [4.69, 9.17) is 11.6 Å². The lowest BCUT2D eigenvalue weighted by molar-refractivity contribution is 0.621. The number of anilines is 1. The first-order chi connectivity index (χ1) is 9.16. The first-order valence-electron chi connectivity index (χ1n) is 6.60. The molecule has 1 aliphatic heterocycles. The van der Waals surface area contributed by atoms with Gasteiger partial charge in [-0.25, -0.2) is 4.98 Å². The summed E-state index contributed by atoms with van der Waals surface area (Å²) in [4.78, 5) is 6.97. The number of halogens is 1. The number of pyridine rings is 1. The van der Waals surface area contributed by atoms with Crippen molar-refractivity contribution in [2.45, 2.75) is 25.1 Å². The van der Waals surface area contributed by atoms with Gasteiger partial charge in [-0.05, 0) is 18.4 Å². The summed E-state index contributed by atoms with van der Waals surface area (Å²) in [5.74, 6) is 2.15. The predicted molar refractivity (Wildman–Crippen MR) is 85.5 cm³/mol. The molecule has 0 radical (unpaired) electrons. The quantitative estimate of drug-likeness (QED) is 0.732. The number of thioether (sulfide) groups is 1. The van der Waals surface area contributed by atoms with Crippen molar-refractivity contribution in [1.82, 2.24) is 4.98 Å². The fraction of sp³-hybridized carbons (Fsp3) is 0.400. The molecule has 3 rings (SSSR count). The number of aromatic nitrogens is 1. The van der Waals surface area contributed by atoms with Gasteiger partial charge in [0, 0.05) is 29.0 Å². The molecule has 2 nitrogen and oxygen atoms in total. The van der Waals surface area contributed by atoms with Crippen molar-refractivity contribution in [2.75, 3.05) is 17.2 Å². The maximum atomic E-state index is 6.32. The van der Waals surface area contributed by atoms with Crippen molar-refractivity contribution < 1.29 is 0 Å². The normalized spacial score (nSPS) is 23.8. The lowest BCUT2D eigenvalue weighted by atomic mass is 10.1. The van der Waals surface area contributed by atoms with Crippen LogP contribution in [0.25, 0.3) is 10.8 Å². The predicted octanol–water partition coefficient (Wildman–Crippen LogP) is 4.22. The lowest BCUT2D eigenvalue weighted by Gasteiger charge is -2.38. The zero-order valence-electron chi connectivity index (χ0n) is 11.1. The highest BCUT2D eigenvalue weighted by atomic mass is 35.5. The minimum atomic E-state index is 0.489. The molecule has 19 heavy (non-hydrogen) atoms. The molecule has 1 aromatic heterocycles. The number of hydrogen-bond acceptors (Lipinski definition) is 3. The summed E-state index contributed by atoms with van der Waals surface area (Å²) in [6.45, 7) is 5.59. The van der Waals surface area contributed by atoms with E-state index in [-0.39, 0.29) is 0 Å². The van der Waals surface area contributed by atoms with Gasteiger partial charge < -0.3 is 4.90 Å². The van der Waals surface area contributed by atoms with Crippen LogP contribution < -0.4 is 4.90 Å². The van der Waals surface area contributed by atoms with Crippen molar-refractivity contribution in [2.24, 2.45) is 0 Å². The van der Waals surface area contributed by atoms with E-state index in [0.717, 1.165) is 28.9 Å². The summed E-state index contributed by atoms with van der Waals surface area (Å²) < 4.78 is 0.